The van der Waals surface area contributed by atoms with E-state index in [0.717, 1.165) is 13.0 Å². The van der Waals surface area contributed by atoms with Gasteiger partial charge in [0, 0.05) is 44.1 Å². The van der Waals surface area contributed by atoms with Crippen LogP contribution in [0.3, 0.4) is 0 Å². The van der Waals surface area contributed by atoms with Gasteiger partial charge in [-0.25, -0.2) is 8.42 Å². The normalized spacial score (nSPS) is 15.6. The van der Waals surface area contributed by atoms with Gasteiger partial charge in [-0.2, -0.15) is 4.31 Å². The molecule has 1 amide bonds. The molecule has 0 bridgehead atoms. The number of nitrogens with zero attached hydrogens (tertiary/aromatic N) is 2. The van der Waals surface area contributed by atoms with Crippen LogP contribution in [0.15, 0.2) is 53.7 Å². The average Bonchev–Trinajstić information content (AvgIpc) is 3.40. The van der Waals surface area contributed by atoms with Crippen LogP contribution >= 0.6 is 0 Å². The number of fused-ring (bicyclic) bond motifs is 1. The predicted octanol–water partition coefficient (Wildman–Crippen LogP) is 1.81. The number of hydrogen-bond donors (Lipinski definition) is 2. The van der Waals surface area contributed by atoms with Crippen LogP contribution in [0, 0.1) is 0 Å². The number of H-pyrrole nitrogens is 1. The molecular formula is C20H24N4O4S. The summed E-state index contributed by atoms with van der Waals surface area (Å²) in [4.78, 5) is 15.2. The van der Waals surface area contributed by atoms with Crippen LogP contribution in [0.5, 0.6) is 0 Å². The molecule has 1 fully saturated rings. The Bertz CT molecular complexity index is 1100. The third-order valence-electron chi connectivity index (χ3n) is 5.05. The van der Waals surface area contributed by atoms with Crippen LogP contribution in [0.2, 0.25) is 0 Å². The van der Waals surface area contributed by atoms with E-state index in [-0.39, 0.29) is 16.5 Å². The first kappa shape index (κ1) is 19.7. The topological polar surface area (TPSA) is 96.4 Å². The SMILES string of the molecule is O=C(NCCCn1ccc2ccccc21)c1cc(S(=O)(=O)N2CCOCC2)c[nH]1. The molecule has 8 nitrogen and oxygen atoms in total. The van der Waals surface area contributed by atoms with E-state index >= 15 is 0 Å². The third-order valence-corrected chi connectivity index (χ3v) is 6.93. The number of aryl methyl sites for hydroxylation is 1. The maximum absolute atomic E-state index is 12.6. The van der Waals surface area contributed by atoms with E-state index in [2.05, 4.69) is 33.1 Å². The number of para-hydroxylation sites is 1. The summed E-state index contributed by atoms with van der Waals surface area (Å²) in [7, 11) is -3.61. The van der Waals surface area contributed by atoms with Crippen LogP contribution < -0.4 is 5.32 Å². The molecule has 1 aromatic carbocycles. The van der Waals surface area contributed by atoms with Gasteiger partial charge in [-0.05, 0) is 30.0 Å². The number of carbonyl (C=O) groups excluding carboxylic acids is 1. The zero-order valence-electron chi connectivity index (χ0n) is 16.0. The smallest absolute Gasteiger partial charge is 0.267 e. The van der Waals surface area contributed by atoms with Crippen molar-refractivity contribution in [3.05, 3.63) is 54.5 Å². The molecule has 3 heterocycles. The summed E-state index contributed by atoms with van der Waals surface area (Å²) in [5, 5.41) is 4.03. The molecule has 0 saturated carbocycles. The van der Waals surface area contributed by atoms with Crippen molar-refractivity contribution < 1.29 is 17.9 Å². The highest BCUT2D eigenvalue weighted by molar-refractivity contribution is 7.89. The fourth-order valence-corrected chi connectivity index (χ4v) is 4.88. The molecule has 4 rings (SSSR count). The number of morpholine rings is 1. The van der Waals surface area contributed by atoms with Crippen LogP contribution in [-0.2, 0) is 21.3 Å². The molecule has 0 radical (unpaired) electrons. The molecule has 2 aromatic heterocycles. The van der Waals surface area contributed by atoms with E-state index in [1.165, 1.54) is 27.5 Å². The Balaban J connectivity index is 1.31. The lowest BCUT2D eigenvalue weighted by Crippen LogP contribution is -2.40. The van der Waals surface area contributed by atoms with Gasteiger partial charge in [0.25, 0.3) is 5.91 Å². The molecule has 9 heteroatoms. The van der Waals surface area contributed by atoms with Crippen molar-refractivity contribution in [3.8, 4) is 0 Å². The number of aromatic nitrogens is 2. The number of carbonyl (C=O) groups is 1. The van der Waals surface area contributed by atoms with Gasteiger partial charge in [-0.15, -0.1) is 0 Å². The van der Waals surface area contributed by atoms with Crippen molar-refractivity contribution in [1.82, 2.24) is 19.2 Å². The van der Waals surface area contributed by atoms with Gasteiger partial charge in [0.2, 0.25) is 10.0 Å². The molecule has 3 aromatic rings. The first-order valence-electron chi connectivity index (χ1n) is 9.64. The highest BCUT2D eigenvalue weighted by Gasteiger charge is 2.27. The van der Waals surface area contributed by atoms with Gasteiger partial charge in [0.1, 0.15) is 10.6 Å². The zero-order chi connectivity index (χ0) is 20.3. The lowest BCUT2D eigenvalue weighted by atomic mass is 10.2. The van der Waals surface area contributed by atoms with Gasteiger partial charge < -0.3 is 19.6 Å². The predicted molar refractivity (Wildman–Crippen MR) is 109 cm³/mol. The number of nitrogens with one attached hydrogen (secondary N) is 2. The highest BCUT2D eigenvalue weighted by atomic mass is 32.2. The Labute approximate surface area is 169 Å². The second-order valence-corrected chi connectivity index (χ2v) is 8.88. The maximum atomic E-state index is 12.6. The molecule has 1 aliphatic heterocycles. The van der Waals surface area contributed by atoms with Crippen molar-refractivity contribution in [3.63, 3.8) is 0 Å². The van der Waals surface area contributed by atoms with Crippen LogP contribution in [0.1, 0.15) is 16.9 Å². The Morgan fingerprint density at radius 1 is 1.17 bits per heavy atom. The van der Waals surface area contributed by atoms with Gasteiger partial charge in [-0.1, -0.05) is 18.2 Å². The minimum absolute atomic E-state index is 0.100. The minimum Gasteiger partial charge on any atom is -0.379 e. The standard InChI is InChI=1S/C20H24N4O4S/c25-20(21-7-3-8-23-9-6-16-4-1-2-5-19(16)23)18-14-17(15-22-18)29(26,27)24-10-12-28-13-11-24/h1-2,4-6,9,14-15,22H,3,7-8,10-13H2,(H,21,25). The van der Waals surface area contributed by atoms with E-state index in [1.54, 1.807) is 0 Å². The van der Waals surface area contributed by atoms with E-state index in [4.69, 9.17) is 4.74 Å². The monoisotopic (exact) mass is 416 g/mol. The first-order chi connectivity index (χ1) is 14.1. The van der Waals surface area contributed by atoms with E-state index < -0.39 is 10.0 Å². The summed E-state index contributed by atoms with van der Waals surface area (Å²) in [6, 6.07) is 11.6. The van der Waals surface area contributed by atoms with E-state index in [1.807, 2.05) is 18.3 Å². The summed E-state index contributed by atoms with van der Waals surface area (Å²) >= 11 is 0. The van der Waals surface area contributed by atoms with Crippen LogP contribution in [0.4, 0.5) is 0 Å². The quantitative estimate of drug-likeness (QED) is 0.574. The number of sulfonamides is 1. The van der Waals surface area contributed by atoms with Gasteiger partial charge in [0.15, 0.2) is 0 Å². The fraction of sp³-hybridized carbons (Fsp3) is 0.350. The van der Waals surface area contributed by atoms with Gasteiger partial charge in [0.05, 0.1) is 13.2 Å². The average molecular weight is 417 g/mol. The van der Waals surface area contributed by atoms with Crippen molar-refractivity contribution in [2.45, 2.75) is 17.9 Å². The number of amides is 1. The molecule has 1 saturated heterocycles. The van der Waals surface area contributed by atoms with E-state index in [9.17, 15) is 13.2 Å². The molecule has 0 aliphatic carbocycles. The van der Waals surface area contributed by atoms with Crippen molar-refractivity contribution in [1.29, 1.82) is 0 Å². The highest BCUT2D eigenvalue weighted by Crippen LogP contribution is 2.18. The molecule has 2 N–H and O–H groups in total. The first-order valence-corrected chi connectivity index (χ1v) is 11.1. The second kappa shape index (κ2) is 8.40. The van der Waals surface area contributed by atoms with Crippen LogP contribution in [-0.4, -0.2) is 61.0 Å². The maximum Gasteiger partial charge on any atom is 0.267 e. The van der Waals surface area contributed by atoms with Crippen LogP contribution in [0.25, 0.3) is 10.9 Å². The largest absolute Gasteiger partial charge is 0.379 e. The molecule has 154 valence electrons. The number of aromatic amines is 1. The van der Waals surface area contributed by atoms with Gasteiger partial charge in [-0.3, -0.25) is 4.79 Å². The summed E-state index contributed by atoms with van der Waals surface area (Å²) in [5.41, 5.74) is 1.41. The summed E-state index contributed by atoms with van der Waals surface area (Å²) in [6.45, 7) is 2.69. The zero-order valence-corrected chi connectivity index (χ0v) is 16.8. The third kappa shape index (κ3) is 4.21. The molecule has 1 aliphatic rings. The lowest BCUT2D eigenvalue weighted by molar-refractivity contribution is 0.0730. The minimum atomic E-state index is -3.61. The Morgan fingerprint density at radius 3 is 2.79 bits per heavy atom. The molecule has 0 atom stereocenters. The number of benzene rings is 1. The van der Waals surface area contributed by atoms with Crippen molar-refractivity contribution in [2.24, 2.45) is 0 Å². The number of ether oxygens (including phenoxy) is 1. The Kier molecular flexibility index (Phi) is 5.70. The molecule has 0 unspecified atom stereocenters. The Hall–Kier alpha value is -2.62. The fourth-order valence-electron chi connectivity index (χ4n) is 3.47. The van der Waals surface area contributed by atoms with Crippen molar-refractivity contribution in [2.75, 3.05) is 32.8 Å². The molecular weight excluding hydrogens is 392 g/mol. The second-order valence-electron chi connectivity index (χ2n) is 6.94. The van der Waals surface area contributed by atoms with E-state index in [0.29, 0.717) is 32.8 Å². The summed E-state index contributed by atoms with van der Waals surface area (Å²) in [5.74, 6) is -0.314. The molecule has 29 heavy (non-hydrogen) atoms. The number of hydrogen-bond acceptors (Lipinski definition) is 4. The van der Waals surface area contributed by atoms with Gasteiger partial charge >= 0.3 is 0 Å². The number of rotatable bonds is 7. The summed E-state index contributed by atoms with van der Waals surface area (Å²) < 4.78 is 34.0. The lowest BCUT2D eigenvalue weighted by Gasteiger charge is -2.25. The summed E-state index contributed by atoms with van der Waals surface area (Å²) in [6.07, 6.45) is 4.18. The van der Waals surface area contributed by atoms with Crippen molar-refractivity contribution >= 4 is 26.8 Å². The molecule has 0 spiro atoms. The Morgan fingerprint density at radius 2 is 1.97 bits per heavy atom.